The Balaban J connectivity index is 2.16. The highest BCUT2D eigenvalue weighted by atomic mass is 35.5. The number of hydrogen-bond donors (Lipinski definition) is 1. The van der Waals surface area contributed by atoms with E-state index in [2.05, 4.69) is 18.3 Å². The third kappa shape index (κ3) is 3.87. The van der Waals surface area contributed by atoms with Crippen LogP contribution in [0.3, 0.4) is 0 Å². The topological polar surface area (TPSA) is 21.3 Å². The van der Waals surface area contributed by atoms with Crippen molar-refractivity contribution in [1.82, 2.24) is 5.32 Å². The van der Waals surface area contributed by atoms with Gasteiger partial charge in [-0.3, -0.25) is 0 Å². The summed E-state index contributed by atoms with van der Waals surface area (Å²) in [4.78, 5) is 0. The van der Waals surface area contributed by atoms with Gasteiger partial charge in [-0.2, -0.15) is 0 Å². The summed E-state index contributed by atoms with van der Waals surface area (Å²) in [5, 5.41) is 4.19. The van der Waals surface area contributed by atoms with Crippen LogP contribution in [0.25, 0.3) is 0 Å². The van der Waals surface area contributed by atoms with Crippen LogP contribution in [-0.4, -0.2) is 6.54 Å². The summed E-state index contributed by atoms with van der Waals surface area (Å²) in [5.41, 5.74) is 1.16. The van der Waals surface area contributed by atoms with Crippen molar-refractivity contribution in [2.45, 2.75) is 13.5 Å². The van der Waals surface area contributed by atoms with Gasteiger partial charge in [-0.05, 0) is 36.4 Å². The summed E-state index contributed by atoms with van der Waals surface area (Å²) in [5.74, 6) is 1.31. The quantitative estimate of drug-likeness (QED) is 0.847. The van der Waals surface area contributed by atoms with Gasteiger partial charge in [0.15, 0.2) is 0 Å². The van der Waals surface area contributed by atoms with Gasteiger partial charge >= 0.3 is 0 Å². The van der Waals surface area contributed by atoms with Gasteiger partial charge in [0, 0.05) is 6.54 Å². The Morgan fingerprint density at radius 2 is 1.89 bits per heavy atom. The van der Waals surface area contributed by atoms with Crippen LogP contribution in [0.4, 0.5) is 0 Å². The minimum absolute atomic E-state index is 0.432. The molecule has 0 aromatic heterocycles. The molecule has 0 fully saturated rings. The maximum Gasteiger partial charge on any atom is 0.147 e. The van der Waals surface area contributed by atoms with E-state index in [1.807, 2.05) is 24.3 Å². The first-order valence-electron chi connectivity index (χ1n) is 6.12. The molecule has 19 heavy (non-hydrogen) atoms. The monoisotopic (exact) mass is 295 g/mol. The molecule has 4 heteroatoms. The molecule has 0 bridgehead atoms. The standard InChI is InChI=1S/C15H15Cl2NO/c1-2-18-10-11-5-3-6-12(9-11)19-14-8-4-7-13(16)15(14)17/h3-9,18H,2,10H2,1H3. The molecule has 2 nitrogen and oxygen atoms in total. The van der Waals surface area contributed by atoms with Crippen LogP contribution in [0.1, 0.15) is 12.5 Å². The van der Waals surface area contributed by atoms with E-state index in [-0.39, 0.29) is 0 Å². The molecule has 0 aliphatic carbocycles. The van der Waals surface area contributed by atoms with E-state index in [4.69, 9.17) is 27.9 Å². The molecule has 100 valence electrons. The molecule has 0 radical (unpaired) electrons. The summed E-state index contributed by atoms with van der Waals surface area (Å²) in [7, 11) is 0. The summed E-state index contributed by atoms with van der Waals surface area (Å²) in [6, 6.07) is 13.2. The molecule has 0 aliphatic heterocycles. The molecule has 0 heterocycles. The lowest BCUT2D eigenvalue weighted by molar-refractivity contribution is 0.482. The second kappa shape index (κ2) is 6.80. The molecule has 0 unspecified atom stereocenters. The van der Waals surface area contributed by atoms with Gasteiger partial charge in [0.2, 0.25) is 0 Å². The molecule has 0 aliphatic rings. The van der Waals surface area contributed by atoms with E-state index >= 15 is 0 Å². The highest BCUT2D eigenvalue weighted by molar-refractivity contribution is 6.42. The predicted molar refractivity (Wildman–Crippen MR) is 80.4 cm³/mol. The molecule has 2 aromatic rings. The fraction of sp³-hybridized carbons (Fsp3) is 0.200. The molecule has 0 atom stereocenters. The first-order valence-corrected chi connectivity index (χ1v) is 6.88. The third-order valence-corrected chi connectivity index (χ3v) is 3.42. The lowest BCUT2D eigenvalue weighted by Gasteiger charge is -2.10. The lowest BCUT2D eigenvalue weighted by Crippen LogP contribution is -2.11. The fourth-order valence-corrected chi connectivity index (χ4v) is 2.01. The number of nitrogens with one attached hydrogen (secondary N) is 1. The Labute approximate surface area is 123 Å². The Morgan fingerprint density at radius 1 is 1.11 bits per heavy atom. The normalized spacial score (nSPS) is 10.5. The zero-order valence-corrected chi connectivity index (χ0v) is 12.1. The molecular weight excluding hydrogens is 281 g/mol. The van der Waals surface area contributed by atoms with Gasteiger partial charge in [-0.25, -0.2) is 0 Å². The van der Waals surface area contributed by atoms with Crippen molar-refractivity contribution >= 4 is 23.2 Å². The first-order chi connectivity index (χ1) is 9.20. The SMILES string of the molecule is CCNCc1cccc(Oc2cccc(Cl)c2Cl)c1. The second-order valence-electron chi connectivity index (χ2n) is 4.08. The second-order valence-corrected chi connectivity index (χ2v) is 4.87. The molecule has 0 spiro atoms. The number of hydrogen-bond acceptors (Lipinski definition) is 2. The van der Waals surface area contributed by atoms with Crippen LogP contribution in [0.5, 0.6) is 11.5 Å². The molecule has 0 saturated heterocycles. The summed E-state index contributed by atoms with van der Waals surface area (Å²) in [6.07, 6.45) is 0. The highest BCUT2D eigenvalue weighted by Gasteiger charge is 2.06. The molecule has 1 N–H and O–H groups in total. The summed E-state index contributed by atoms with van der Waals surface area (Å²) < 4.78 is 5.77. The summed E-state index contributed by atoms with van der Waals surface area (Å²) >= 11 is 12.1. The van der Waals surface area contributed by atoms with Gasteiger partial charge in [-0.15, -0.1) is 0 Å². The Kier molecular flexibility index (Phi) is 5.08. The van der Waals surface area contributed by atoms with Crippen molar-refractivity contribution in [1.29, 1.82) is 0 Å². The number of ether oxygens (including phenoxy) is 1. The van der Waals surface area contributed by atoms with E-state index < -0.39 is 0 Å². The van der Waals surface area contributed by atoms with Crippen LogP contribution >= 0.6 is 23.2 Å². The Hall–Kier alpha value is -1.22. The number of halogens is 2. The number of benzene rings is 2. The Bertz CT molecular complexity index is 558. The van der Waals surface area contributed by atoms with Crippen LogP contribution in [-0.2, 0) is 6.54 Å². The van der Waals surface area contributed by atoms with Crippen molar-refractivity contribution in [2.24, 2.45) is 0 Å². The molecule has 2 rings (SSSR count). The maximum absolute atomic E-state index is 6.10. The third-order valence-electron chi connectivity index (χ3n) is 2.62. The smallest absolute Gasteiger partial charge is 0.147 e. The maximum atomic E-state index is 6.10. The largest absolute Gasteiger partial charge is 0.456 e. The van der Waals surface area contributed by atoms with Crippen LogP contribution in [0.2, 0.25) is 10.0 Å². The van der Waals surface area contributed by atoms with Gasteiger partial charge < -0.3 is 10.1 Å². The van der Waals surface area contributed by atoms with Crippen molar-refractivity contribution in [3.63, 3.8) is 0 Å². The average Bonchev–Trinajstić information content (AvgIpc) is 2.42. The minimum Gasteiger partial charge on any atom is -0.456 e. The van der Waals surface area contributed by atoms with E-state index in [1.165, 1.54) is 0 Å². The zero-order chi connectivity index (χ0) is 13.7. The van der Waals surface area contributed by atoms with E-state index in [9.17, 15) is 0 Å². The van der Waals surface area contributed by atoms with Gasteiger partial charge in [-0.1, -0.05) is 48.3 Å². The lowest BCUT2D eigenvalue weighted by atomic mass is 10.2. The van der Waals surface area contributed by atoms with Crippen molar-refractivity contribution in [2.75, 3.05) is 6.54 Å². The highest BCUT2D eigenvalue weighted by Crippen LogP contribution is 2.34. The van der Waals surface area contributed by atoms with Crippen molar-refractivity contribution < 1.29 is 4.74 Å². The zero-order valence-electron chi connectivity index (χ0n) is 10.6. The molecular formula is C15H15Cl2NO. The molecule has 0 saturated carbocycles. The number of rotatable bonds is 5. The minimum atomic E-state index is 0.432. The van der Waals surface area contributed by atoms with Crippen LogP contribution in [0, 0.1) is 0 Å². The predicted octanol–water partition coefficient (Wildman–Crippen LogP) is 4.90. The van der Waals surface area contributed by atoms with Gasteiger partial charge in [0.25, 0.3) is 0 Å². The van der Waals surface area contributed by atoms with Gasteiger partial charge in [0.05, 0.1) is 5.02 Å². The van der Waals surface area contributed by atoms with Gasteiger partial charge in [0.1, 0.15) is 16.5 Å². The average molecular weight is 296 g/mol. The van der Waals surface area contributed by atoms with E-state index in [0.717, 1.165) is 24.4 Å². The van der Waals surface area contributed by atoms with E-state index in [1.54, 1.807) is 12.1 Å². The van der Waals surface area contributed by atoms with Crippen LogP contribution in [0.15, 0.2) is 42.5 Å². The first kappa shape index (κ1) is 14.2. The van der Waals surface area contributed by atoms with Crippen molar-refractivity contribution in [3.05, 3.63) is 58.1 Å². The van der Waals surface area contributed by atoms with E-state index in [0.29, 0.717) is 15.8 Å². The van der Waals surface area contributed by atoms with Crippen molar-refractivity contribution in [3.8, 4) is 11.5 Å². The summed E-state index contributed by atoms with van der Waals surface area (Å²) in [6.45, 7) is 3.83. The molecule has 0 amide bonds. The Morgan fingerprint density at radius 3 is 2.68 bits per heavy atom. The molecule has 2 aromatic carbocycles. The van der Waals surface area contributed by atoms with Crippen LogP contribution < -0.4 is 10.1 Å². The fourth-order valence-electron chi connectivity index (χ4n) is 1.68.